The van der Waals surface area contributed by atoms with Gasteiger partial charge in [0.1, 0.15) is 0 Å². The van der Waals surface area contributed by atoms with E-state index in [0.29, 0.717) is 6.00 Å². The van der Waals surface area contributed by atoms with E-state index in [2.05, 4.69) is 48.6 Å². The Bertz CT molecular complexity index is 479. The Labute approximate surface area is 101 Å². The van der Waals surface area contributed by atoms with Crippen LogP contribution in [0.5, 0.6) is 0 Å². The Kier molecular flexibility index (Phi) is 3.81. The van der Waals surface area contributed by atoms with Gasteiger partial charge in [0.15, 0.2) is 0 Å². The summed E-state index contributed by atoms with van der Waals surface area (Å²) in [7, 11) is 0. The molecule has 2 aromatic rings. The Morgan fingerprint density at radius 1 is 1.06 bits per heavy atom. The summed E-state index contributed by atoms with van der Waals surface area (Å²) in [5.74, 6) is 0. The van der Waals surface area contributed by atoms with Gasteiger partial charge in [-0.05, 0) is 29.7 Å². The topological polar surface area (TPSA) is 12.0 Å². The van der Waals surface area contributed by atoms with Crippen LogP contribution >= 0.6 is 11.6 Å². The van der Waals surface area contributed by atoms with Crippen LogP contribution in [0.1, 0.15) is 11.1 Å². The Hall–Kier alpha value is -1.05. The molecule has 2 rings (SSSR count). The van der Waals surface area contributed by atoms with Crippen LogP contribution in [0.25, 0.3) is 10.8 Å². The zero-order valence-electron chi connectivity index (χ0n) is 9.46. The second-order valence-electron chi connectivity index (χ2n) is 4.07. The van der Waals surface area contributed by atoms with Crippen LogP contribution in [0.2, 0.25) is 0 Å². The summed E-state index contributed by atoms with van der Waals surface area (Å²) in [5, 5.41) is 5.75. The fraction of sp³-hybridized carbons (Fsp3) is 0.286. The first-order valence-electron chi connectivity index (χ1n) is 5.55. The molecule has 1 N–H and O–H groups in total. The molecule has 2 aromatic carbocycles. The number of rotatable bonds is 4. The maximum absolute atomic E-state index is 5.57. The number of nitrogens with one attached hydrogen (secondary N) is 1. The molecule has 2 heteroatoms. The van der Waals surface area contributed by atoms with E-state index in [-0.39, 0.29) is 0 Å². The maximum atomic E-state index is 5.57. The summed E-state index contributed by atoms with van der Waals surface area (Å²) >= 11 is 5.57. The molecule has 84 valence electrons. The van der Waals surface area contributed by atoms with Crippen molar-refractivity contribution in [2.45, 2.75) is 13.3 Å². The molecular formula is C14H16ClN. The Morgan fingerprint density at radius 2 is 1.81 bits per heavy atom. The highest BCUT2D eigenvalue weighted by molar-refractivity contribution is 6.17. The number of aryl methyl sites for hydroxylation is 1. The van der Waals surface area contributed by atoms with E-state index in [9.17, 15) is 0 Å². The fourth-order valence-electron chi connectivity index (χ4n) is 1.87. The van der Waals surface area contributed by atoms with Crippen molar-refractivity contribution in [3.8, 4) is 0 Å². The van der Waals surface area contributed by atoms with Crippen LogP contribution in [0, 0.1) is 6.92 Å². The van der Waals surface area contributed by atoms with Crippen molar-refractivity contribution in [2.24, 2.45) is 0 Å². The molecule has 0 spiro atoms. The predicted molar refractivity (Wildman–Crippen MR) is 71.1 cm³/mol. The minimum Gasteiger partial charge on any atom is -0.304 e. The molecule has 0 fully saturated rings. The van der Waals surface area contributed by atoms with Gasteiger partial charge in [-0.2, -0.15) is 0 Å². The van der Waals surface area contributed by atoms with Crippen molar-refractivity contribution in [3.63, 3.8) is 0 Å². The highest BCUT2D eigenvalue weighted by atomic mass is 35.5. The molecule has 0 aliphatic heterocycles. The number of hydrogen-bond acceptors (Lipinski definition) is 1. The molecule has 1 nitrogen and oxygen atoms in total. The van der Waals surface area contributed by atoms with E-state index in [4.69, 9.17) is 11.6 Å². The van der Waals surface area contributed by atoms with Gasteiger partial charge in [-0.15, -0.1) is 11.6 Å². The number of halogens is 1. The van der Waals surface area contributed by atoms with Crippen LogP contribution in [-0.4, -0.2) is 12.5 Å². The van der Waals surface area contributed by atoms with Gasteiger partial charge in [0.2, 0.25) is 0 Å². The molecule has 0 atom stereocenters. The standard InChI is InChI=1S/C14H16ClN/c1-11-2-4-14-9-12(6-7-16-10-15)3-5-13(14)8-11/h2-5,8-9,16H,6-7,10H2,1H3. The van der Waals surface area contributed by atoms with Gasteiger partial charge in [0.05, 0.1) is 6.00 Å². The monoisotopic (exact) mass is 233 g/mol. The number of alkyl halides is 1. The van der Waals surface area contributed by atoms with Crippen molar-refractivity contribution in [1.82, 2.24) is 5.32 Å². The first-order chi connectivity index (χ1) is 7.79. The molecule has 0 aliphatic carbocycles. The van der Waals surface area contributed by atoms with E-state index in [1.54, 1.807) is 0 Å². The number of fused-ring (bicyclic) bond motifs is 1. The summed E-state index contributed by atoms with van der Waals surface area (Å²) in [6, 6.07) is 13.7. The first kappa shape index (κ1) is 11.4. The molecule has 0 aliphatic rings. The highest BCUT2D eigenvalue weighted by Crippen LogP contribution is 2.17. The van der Waals surface area contributed by atoms with E-state index in [1.807, 2.05) is 0 Å². The molecule has 0 unspecified atom stereocenters. The van der Waals surface area contributed by atoms with Crippen LogP contribution in [0.4, 0.5) is 0 Å². The normalized spacial score (nSPS) is 10.9. The van der Waals surface area contributed by atoms with Crippen LogP contribution in [-0.2, 0) is 6.42 Å². The third-order valence-electron chi connectivity index (χ3n) is 2.75. The molecule has 0 bridgehead atoms. The third kappa shape index (κ3) is 2.75. The van der Waals surface area contributed by atoms with Crippen molar-refractivity contribution in [3.05, 3.63) is 47.5 Å². The van der Waals surface area contributed by atoms with Gasteiger partial charge in [-0.3, -0.25) is 0 Å². The summed E-state index contributed by atoms with van der Waals surface area (Å²) in [5.41, 5.74) is 2.66. The minimum atomic E-state index is 0.521. The molecule has 0 saturated heterocycles. The average Bonchev–Trinajstić information content (AvgIpc) is 2.29. The van der Waals surface area contributed by atoms with E-state index in [0.717, 1.165) is 13.0 Å². The lowest BCUT2D eigenvalue weighted by Gasteiger charge is -2.04. The van der Waals surface area contributed by atoms with Crippen LogP contribution < -0.4 is 5.32 Å². The lowest BCUT2D eigenvalue weighted by Crippen LogP contribution is -2.14. The second kappa shape index (κ2) is 5.33. The fourth-order valence-corrected chi connectivity index (χ4v) is 2.00. The third-order valence-corrected chi connectivity index (χ3v) is 2.93. The largest absolute Gasteiger partial charge is 0.304 e. The Balaban J connectivity index is 2.20. The van der Waals surface area contributed by atoms with E-state index >= 15 is 0 Å². The second-order valence-corrected chi connectivity index (χ2v) is 4.34. The van der Waals surface area contributed by atoms with Gasteiger partial charge in [0.25, 0.3) is 0 Å². The Morgan fingerprint density at radius 3 is 2.62 bits per heavy atom. The molecule has 0 saturated carbocycles. The smallest absolute Gasteiger partial charge is 0.0713 e. The van der Waals surface area contributed by atoms with Gasteiger partial charge in [-0.25, -0.2) is 0 Å². The summed E-state index contributed by atoms with van der Waals surface area (Å²) < 4.78 is 0. The number of benzene rings is 2. The molecule has 0 heterocycles. The van der Waals surface area contributed by atoms with E-state index in [1.165, 1.54) is 21.9 Å². The van der Waals surface area contributed by atoms with E-state index < -0.39 is 0 Å². The van der Waals surface area contributed by atoms with Gasteiger partial charge >= 0.3 is 0 Å². The quantitative estimate of drug-likeness (QED) is 0.484. The van der Waals surface area contributed by atoms with Gasteiger partial charge in [-0.1, -0.05) is 42.0 Å². The molecule has 16 heavy (non-hydrogen) atoms. The molecular weight excluding hydrogens is 218 g/mol. The molecule has 0 radical (unpaired) electrons. The lowest BCUT2D eigenvalue weighted by atomic mass is 10.0. The van der Waals surface area contributed by atoms with Crippen LogP contribution in [0.3, 0.4) is 0 Å². The van der Waals surface area contributed by atoms with Crippen molar-refractivity contribution in [2.75, 3.05) is 12.5 Å². The average molecular weight is 234 g/mol. The van der Waals surface area contributed by atoms with Gasteiger partial charge < -0.3 is 5.32 Å². The summed E-state index contributed by atoms with van der Waals surface area (Å²) in [6.07, 6.45) is 1.02. The summed E-state index contributed by atoms with van der Waals surface area (Å²) in [4.78, 5) is 0. The first-order valence-corrected chi connectivity index (χ1v) is 6.09. The zero-order chi connectivity index (χ0) is 11.4. The molecule has 0 amide bonds. The van der Waals surface area contributed by atoms with Crippen molar-refractivity contribution < 1.29 is 0 Å². The predicted octanol–water partition coefficient (Wildman–Crippen LogP) is 3.48. The van der Waals surface area contributed by atoms with Gasteiger partial charge in [0, 0.05) is 6.54 Å². The number of hydrogen-bond donors (Lipinski definition) is 1. The summed E-state index contributed by atoms with van der Waals surface area (Å²) in [6.45, 7) is 3.05. The SMILES string of the molecule is Cc1ccc2cc(CCNCCl)ccc2c1. The lowest BCUT2D eigenvalue weighted by molar-refractivity contribution is 0.771. The van der Waals surface area contributed by atoms with Crippen LogP contribution in [0.15, 0.2) is 36.4 Å². The zero-order valence-corrected chi connectivity index (χ0v) is 10.2. The minimum absolute atomic E-state index is 0.521. The van der Waals surface area contributed by atoms with Crippen molar-refractivity contribution in [1.29, 1.82) is 0 Å². The van der Waals surface area contributed by atoms with Crippen molar-refractivity contribution >= 4 is 22.4 Å². The maximum Gasteiger partial charge on any atom is 0.0713 e. The molecule has 0 aromatic heterocycles. The highest BCUT2D eigenvalue weighted by Gasteiger charge is 1.97.